The molecule has 0 amide bonds. The molecular weight excluding hydrogens is 380 g/mol. The molecule has 0 fully saturated rings. The van der Waals surface area contributed by atoms with E-state index in [2.05, 4.69) is 0 Å². The monoisotopic (exact) mass is 406 g/mol. The second-order valence-corrected chi connectivity index (χ2v) is 6.48. The first-order valence-electron chi connectivity index (χ1n) is 9.51. The first-order valence-corrected chi connectivity index (χ1v) is 9.51. The third-order valence-corrected chi connectivity index (χ3v) is 4.58. The predicted molar refractivity (Wildman–Crippen MR) is 119 cm³/mol. The molecule has 0 saturated carbocycles. The topological polar surface area (TPSA) is 46.2 Å². The van der Waals surface area contributed by atoms with E-state index in [1.54, 1.807) is 28.4 Å². The zero-order chi connectivity index (χ0) is 21.3. The average Bonchev–Trinajstić information content (AvgIpc) is 2.81. The minimum atomic E-state index is 0.469. The van der Waals surface area contributed by atoms with Crippen molar-refractivity contribution in [3.05, 3.63) is 77.4 Å². The number of hydrogen-bond donors (Lipinski definition) is 0. The van der Waals surface area contributed by atoms with E-state index in [4.69, 9.17) is 23.7 Å². The van der Waals surface area contributed by atoms with Gasteiger partial charge in [-0.1, -0.05) is 48.6 Å². The van der Waals surface area contributed by atoms with Gasteiger partial charge in [-0.2, -0.15) is 0 Å². The lowest BCUT2D eigenvalue weighted by Gasteiger charge is -2.13. The Bertz CT molecular complexity index is 971. The Morgan fingerprint density at radius 1 is 0.600 bits per heavy atom. The molecule has 5 heteroatoms. The molecule has 0 bridgehead atoms. The zero-order valence-corrected chi connectivity index (χ0v) is 17.7. The Hall–Kier alpha value is -3.60. The summed E-state index contributed by atoms with van der Waals surface area (Å²) in [6.07, 6.45) is 3.97. The van der Waals surface area contributed by atoms with Crippen LogP contribution in [-0.4, -0.2) is 28.4 Å². The Morgan fingerprint density at radius 2 is 1.20 bits per heavy atom. The SMILES string of the molecule is COc1ccc(/C=C/c2cc(OC)c(OC)c(OC)c2)cc1OCc1ccccc1. The Balaban J connectivity index is 1.83. The van der Waals surface area contributed by atoms with E-state index in [9.17, 15) is 0 Å². The lowest BCUT2D eigenvalue weighted by Crippen LogP contribution is -1.97. The summed E-state index contributed by atoms with van der Waals surface area (Å²) in [5.74, 6) is 3.17. The van der Waals surface area contributed by atoms with Gasteiger partial charge in [0.1, 0.15) is 6.61 Å². The highest BCUT2D eigenvalue weighted by Gasteiger charge is 2.12. The van der Waals surface area contributed by atoms with Crippen LogP contribution in [0.1, 0.15) is 16.7 Å². The third kappa shape index (κ3) is 5.06. The van der Waals surface area contributed by atoms with Gasteiger partial charge in [-0.15, -0.1) is 0 Å². The lowest BCUT2D eigenvalue weighted by atomic mass is 10.1. The molecule has 156 valence electrons. The summed E-state index contributed by atoms with van der Waals surface area (Å²) >= 11 is 0. The maximum absolute atomic E-state index is 5.99. The van der Waals surface area contributed by atoms with Crippen LogP contribution in [0.15, 0.2) is 60.7 Å². The van der Waals surface area contributed by atoms with Crippen molar-refractivity contribution in [2.45, 2.75) is 6.61 Å². The van der Waals surface area contributed by atoms with Gasteiger partial charge < -0.3 is 23.7 Å². The summed E-state index contributed by atoms with van der Waals surface area (Å²) in [5, 5.41) is 0. The van der Waals surface area contributed by atoms with Gasteiger partial charge in [0.2, 0.25) is 5.75 Å². The first kappa shape index (κ1) is 21.1. The van der Waals surface area contributed by atoms with Gasteiger partial charge in [0.15, 0.2) is 23.0 Å². The molecule has 0 atom stereocenters. The molecular formula is C25H26O5. The summed E-state index contributed by atoms with van der Waals surface area (Å²) in [7, 11) is 6.43. The summed E-state index contributed by atoms with van der Waals surface area (Å²) in [6, 6.07) is 19.6. The molecule has 5 nitrogen and oxygen atoms in total. The van der Waals surface area contributed by atoms with E-state index in [1.165, 1.54) is 0 Å². The second kappa shape index (κ2) is 10.3. The van der Waals surface area contributed by atoms with E-state index < -0.39 is 0 Å². The van der Waals surface area contributed by atoms with Crippen molar-refractivity contribution in [3.8, 4) is 28.7 Å². The standard InChI is InChI=1S/C25H26O5/c1-26-21-13-12-18(14-22(21)30-17-19-8-6-5-7-9-19)10-11-20-15-23(27-2)25(29-4)24(16-20)28-3/h5-16H,17H2,1-4H3/b11-10+. The highest BCUT2D eigenvalue weighted by molar-refractivity contribution is 5.73. The van der Waals surface area contributed by atoms with Crippen LogP contribution in [0, 0.1) is 0 Å². The minimum absolute atomic E-state index is 0.469. The highest BCUT2D eigenvalue weighted by atomic mass is 16.5. The normalized spacial score (nSPS) is 10.7. The van der Waals surface area contributed by atoms with Crippen LogP contribution in [0.25, 0.3) is 12.2 Å². The van der Waals surface area contributed by atoms with Crippen molar-refractivity contribution >= 4 is 12.2 Å². The highest BCUT2D eigenvalue weighted by Crippen LogP contribution is 2.38. The van der Waals surface area contributed by atoms with Gasteiger partial charge >= 0.3 is 0 Å². The molecule has 3 aromatic carbocycles. The van der Waals surface area contributed by atoms with E-state index >= 15 is 0 Å². The molecule has 0 aliphatic carbocycles. The quantitative estimate of drug-likeness (QED) is 0.441. The molecule has 0 heterocycles. The Labute approximate surface area is 177 Å². The lowest BCUT2D eigenvalue weighted by molar-refractivity contribution is 0.284. The van der Waals surface area contributed by atoms with Crippen molar-refractivity contribution in [1.82, 2.24) is 0 Å². The molecule has 0 N–H and O–H groups in total. The Kier molecular flexibility index (Phi) is 7.22. The number of ether oxygens (including phenoxy) is 5. The van der Waals surface area contributed by atoms with Crippen molar-refractivity contribution in [2.24, 2.45) is 0 Å². The average molecular weight is 406 g/mol. The van der Waals surface area contributed by atoms with Crippen LogP contribution in [0.3, 0.4) is 0 Å². The number of methoxy groups -OCH3 is 4. The fraction of sp³-hybridized carbons (Fsp3) is 0.200. The molecule has 0 unspecified atom stereocenters. The van der Waals surface area contributed by atoms with Gasteiger partial charge in [0.05, 0.1) is 28.4 Å². The molecule has 0 aromatic heterocycles. The third-order valence-electron chi connectivity index (χ3n) is 4.58. The molecule has 0 aliphatic rings. The van der Waals surface area contributed by atoms with Crippen molar-refractivity contribution in [2.75, 3.05) is 28.4 Å². The van der Waals surface area contributed by atoms with Gasteiger partial charge in [-0.25, -0.2) is 0 Å². The first-order chi connectivity index (χ1) is 14.7. The van der Waals surface area contributed by atoms with Gasteiger partial charge in [0, 0.05) is 0 Å². The van der Waals surface area contributed by atoms with Gasteiger partial charge in [-0.3, -0.25) is 0 Å². The minimum Gasteiger partial charge on any atom is -0.493 e. The summed E-state index contributed by atoms with van der Waals surface area (Å²) in [5.41, 5.74) is 3.00. The largest absolute Gasteiger partial charge is 0.493 e. The molecule has 3 rings (SSSR count). The molecule has 0 saturated heterocycles. The van der Waals surface area contributed by atoms with Crippen LogP contribution < -0.4 is 23.7 Å². The molecule has 30 heavy (non-hydrogen) atoms. The van der Waals surface area contributed by atoms with Gasteiger partial charge in [0.25, 0.3) is 0 Å². The molecule has 0 radical (unpaired) electrons. The van der Waals surface area contributed by atoms with E-state index in [0.717, 1.165) is 16.7 Å². The maximum Gasteiger partial charge on any atom is 0.203 e. The Morgan fingerprint density at radius 3 is 1.80 bits per heavy atom. The van der Waals surface area contributed by atoms with Crippen LogP contribution in [-0.2, 0) is 6.61 Å². The zero-order valence-electron chi connectivity index (χ0n) is 17.7. The number of hydrogen-bond acceptors (Lipinski definition) is 5. The van der Waals surface area contributed by atoms with Crippen LogP contribution >= 0.6 is 0 Å². The van der Waals surface area contributed by atoms with Crippen molar-refractivity contribution < 1.29 is 23.7 Å². The van der Waals surface area contributed by atoms with Gasteiger partial charge in [-0.05, 0) is 41.0 Å². The van der Waals surface area contributed by atoms with Crippen LogP contribution in [0.5, 0.6) is 28.7 Å². The van der Waals surface area contributed by atoms with Crippen LogP contribution in [0.4, 0.5) is 0 Å². The fourth-order valence-electron chi connectivity index (χ4n) is 3.04. The number of benzene rings is 3. The number of rotatable bonds is 9. The van der Waals surface area contributed by atoms with Crippen molar-refractivity contribution in [3.63, 3.8) is 0 Å². The van der Waals surface area contributed by atoms with Crippen molar-refractivity contribution in [1.29, 1.82) is 0 Å². The summed E-state index contributed by atoms with van der Waals surface area (Å²) in [6.45, 7) is 0.469. The molecule has 0 aliphatic heterocycles. The molecule has 0 spiro atoms. The molecule has 3 aromatic rings. The fourth-order valence-corrected chi connectivity index (χ4v) is 3.04. The maximum atomic E-state index is 5.99. The van der Waals surface area contributed by atoms with E-state index in [1.807, 2.05) is 72.8 Å². The van der Waals surface area contributed by atoms with Crippen LogP contribution in [0.2, 0.25) is 0 Å². The smallest absolute Gasteiger partial charge is 0.203 e. The second-order valence-electron chi connectivity index (χ2n) is 6.48. The van der Waals surface area contributed by atoms with E-state index in [0.29, 0.717) is 35.4 Å². The summed E-state index contributed by atoms with van der Waals surface area (Å²) < 4.78 is 27.7. The predicted octanol–water partition coefficient (Wildman–Crippen LogP) is 5.47. The van der Waals surface area contributed by atoms with E-state index in [-0.39, 0.29) is 0 Å². The summed E-state index contributed by atoms with van der Waals surface area (Å²) in [4.78, 5) is 0.